The Morgan fingerprint density at radius 3 is 2.89 bits per heavy atom. The minimum atomic E-state index is -0.941. The van der Waals surface area contributed by atoms with Gasteiger partial charge in [0, 0.05) is 6.20 Å². The lowest BCUT2D eigenvalue weighted by molar-refractivity contribution is -0.141. The maximum Gasteiger partial charge on any atom is 0.311 e. The predicted molar refractivity (Wildman–Crippen MR) is 66.8 cm³/mol. The molecule has 19 heavy (non-hydrogen) atoms. The first kappa shape index (κ1) is 13.3. The largest absolute Gasteiger partial charge is 0.481 e. The van der Waals surface area contributed by atoms with Gasteiger partial charge in [-0.1, -0.05) is 0 Å². The highest BCUT2D eigenvalue weighted by molar-refractivity contribution is 5.99. The van der Waals surface area contributed by atoms with E-state index in [2.05, 4.69) is 10.3 Å². The molecule has 0 bridgehead atoms. The number of nitrogens with one attached hydrogen (secondary N) is 1. The molecule has 7 heteroatoms. The number of nitrogens with zero attached hydrogens (tertiary/aromatic N) is 1. The lowest BCUT2D eigenvalue weighted by Gasteiger charge is -2.18. The Labute approximate surface area is 109 Å². The second kappa shape index (κ2) is 5.23. The maximum absolute atomic E-state index is 11.4. The molecule has 102 valence electrons. The second-order valence-electron chi connectivity index (χ2n) is 4.45. The van der Waals surface area contributed by atoms with E-state index in [0.29, 0.717) is 11.4 Å². The molecular formula is C12H15N3O4. The molecule has 0 aliphatic carbocycles. The first-order valence-corrected chi connectivity index (χ1v) is 5.83. The van der Waals surface area contributed by atoms with E-state index in [1.165, 1.54) is 6.20 Å². The number of carbonyl (C=O) groups is 2. The molecule has 0 radical (unpaired) electrons. The zero-order valence-corrected chi connectivity index (χ0v) is 10.4. The number of aryl methyl sites for hydroxylation is 1. The molecule has 1 amide bonds. The summed E-state index contributed by atoms with van der Waals surface area (Å²) in [4.78, 5) is 26.5. The standard InChI is InChI=1S/C12H15N3O4/c1-6-2-3-14-11(9(6)10(13)16)15-8-5-19-4-7(8)12(17)18/h2-3,7-8H,4-5H2,1H3,(H2,13,16)(H,14,15)(H,17,18). The zero-order valence-electron chi connectivity index (χ0n) is 10.4. The van der Waals surface area contributed by atoms with Gasteiger partial charge in [-0.3, -0.25) is 9.59 Å². The van der Waals surface area contributed by atoms with Crippen molar-refractivity contribution in [3.63, 3.8) is 0 Å². The summed E-state index contributed by atoms with van der Waals surface area (Å²) in [6.45, 7) is 2.14. The number of aromatic nitrogens is 1. The van der Waals surface area contributed by atoms with Crippen LogP contribution >= 0.6 is 0 Å². The lowest BCUT2D eigenvalue weighted by atomic mass is 10.0. The topological polar surface area (TPSA) is 115 Å². The quantitative estimate of drug-likeness (QED) is 0.706. The van der Waals surface area contributed by atoms with Gasteiger partial charge in [-0.25, -0.2) is 4.98 Å². The van der Waals surface area contributed by atoms with Crippen molar-refractivity contribution in [3.05, 3.63) is 23.4 Å². The Balaban J connectivity index is 2.26. The molecule has 0 aromatic carbocycles. The number of carboxylic acids is 1. The highest BCUT2D eigenvalue weighted by atomic mass is 16.5. The number of hydrogen-bond acceptors (Lipinski definition) is 5. The van der Waals surface area contributed by atoms with E-state index in [9.17, 15) is 9.59 Å². The Hall–Kier alpha value is -2.15. The van der Waals surface area contributed by atoms with Crippen LogP contribution < -0.4 is 11.1 Å². The van der Waals surface area contributed by atoms with Crippen molar-refractivity contribution in [3.8, 4) is 0 Å². The van der Waals surface area contributed by atoms with Gasteiger partial charge in [-0.05, 0) is 18.6 Å². The van der Waals surface area contributed by atoms with E-state index in [-0.39, 0.29) is 18.8 Å². The fourth-order valence-corrected chi connectivity index (χ4v) is 2.09. The van der Waals surface area contributed by atoms with Crippen molar-refractivity contribution < 1.29 is 19.4 Å². The highest BCUT2D eigenvalue weighted by Gasteiger charge is 2.34. The first-order chi connectivity index (χ1) is 9.00. The van der Waals surface area contributed by atoms with Crippen LogP contribution in [0.4, 0.5) is 5.82 Å². The number of carboxylic acid groups (broad SMARTS) is 1. The number of anilines is 1. The van der Waals surface area contributed by atoms with Crippen molar-refractivity contribution in [2.45, 2.75) is 13.0 Å². The van der Waals surface area contributed by atoms with Crippen LogP contribution in [0.2, 0.25) is 0 Å². The average molecular weight is 265 g/mol. The Bertz CT molecular complexity index is 518. The second-order valence-corrected chi connectivity index (χ2v) is 4.45. The molecule has 4 N–H and O–H groups in total. The third-order valence-corrected chi connectivity index (χ3v) is 3.13. The SMILES string of the molecule is Cc1ccnc(NC2COCC2C(=O)O)c1C(N)=O. The molecule has 0 saturated carbocycles. The van der Waals surface area contributed by atoms with Crippen LogP contribution in [0.15, 0.2) is 12.3 Å². The van der Waals surface area contributed by atoms with Gasteiger partial charge >= 0.3 is 5.97 Å². The minimum absolute atomic E-state index is 0.144. The van der Waals surface area contributed by atoms with Crippen LogP contribution in [0.1, 0.15) is 15.9 Å². The van der Waals surface area contributed by atoms with Crippen molar-refractivity contribution in [1.82, 2.24) is 4.98 Å². The Kier molecular flexibility index (Phi) is 3.66. The van der Waals surface area contributed by atoms with Gasteiger partial charge in [0.05, 0.1) is 24.8 Å². The van der Waals surface area contributed by atoms with Crippen LogP contribution in [0.3, 0.4) is 0 Å². The van der Waals surface area contributed by atoms with Crippen LogP contribution in [-0.2, 0) is 9.53 Å². The summed E-state index contributed by atoms with van der Waals surface area (Å²) in [5.74, 6) is -1.90. The summed E-state index contributed by atoms with van der Waals surface area (Å²) in [6, 6.07) is 1.25. The summed E-state index contributed by atoms with van der Waals surface area (Å²) in [5, 5.41) is 12.0. The summed E-state index contributed by atoms with van der Waals surface area (Å²) in [7, 11) is 0. The van der Waals surface area contributed by atoms with Gasteiger partial charge in [0.25, 0.3) is 5.91 Å². The summed E-state index contributed by atoms with van der Waals surface area (Å²) in [6.07, 6.45) is 1.54. The number of ether oxygens (including phenoxy) is 1. The van der Waals surface area contributed by atoms with E-state index >= 15 is 0 Å². The maximum atomic E-state index is 11.4. The predicted octanol–water partition coefficient (Wildman–Crippen LogP) is 0.000420. The van der Waals surface area contributed by atoms with Gasteiger partial charge < -0.3 is 20.9 Å². The van der Waals surface area contributed by atoms with E-state index in [1.807, 2.05) is 0 Å². The van der Waals surface area contributed by atoms with Gasteiger partial charge in [0.1, 0.15) is 11.7 Å². The number of primary amides is 1. The molecule has 7 nitrogen and oxygen atoms in total. The van der Waals surface area contributed by atoms with E-state index in [1.54, 1.807) is 13.0 Å². The molecule has 2 atom stereocenters. The lowest BCUT2D eigenvalue weighted by Crippen LogP contribution is -2.34. The van der Waals surface area contributed by atoms with Gasteiger partial charge in [0.2, 0.25) is 0 Å². The smallest absolute Gasteiger partial charge is 0.311 e. The normalized spacial score (nSPS) is 22.2. The molecular weight excluding hydrogens is 250 g/mol. The number of pyridine rings is 1. The fraction of sp³-hybridized carbons (Fsp3) is 0.417. The van der Waals surface area contributed by atoms with Crippen LogP contribution in [0.5, 0.6) is 0 Å². The van der Waals surface area contributed by atoms with Crippen LogP contribution in [0.25, 0.3) is 0 Å². The molecule has 2 rings (SSSR count). The number of amides is 1. The minimum Gasteiger partial charge on any atom is -0.481 e. The van der Waals surface area contributed by atoms with E-state index in [4.69, 9.17) is 15.6 Å². The van der Waals surface area contributed by atoms with Crippen molar-refractivity contribution in [2.24, 2.45) is 11.7 Å². The van der Waals surface area contributed by atoms with Crippen LogP contribution in [-0.4, -0.2) is 41.2 Å². The fourth-order valence-electron chi connectivity index (χ4n) is 2.09. The number of nitrogens with two attached hydrogens (primary N) is 1. The van der Waals surface area contributed by atoms with Gasteiger partial charge in [0.15, 0.2) is 0 Å². The monoisotopic (exact) mass is 265 g/mol. The van der Waals surface area contributed by atoms with E-state index in [0.717, 1.165) is 0 Å². The Morgan fingerprint density at radius 1 is 1.53 bits per heavy atom. The highest BCUT2D eigenvalue weighted by Crippen LogP contribution is 2.22. The number of rotatable bonds is 4. The average Bonchev–Trinajstić information content (AvgIpc) is 2.76. The first-order valence-electron chi connectivity index (χ1n) is 5.83. The summed E-state index contributed by atoms with van der Waals surface area (Å²) >= 11 is 0. The van der Waals surface area contributed by atoms with Crippen LogP contribution in [0, 0.1) is 12.8 Å². The number of aliphatic carboxylic acids is 1. The third kappa shape index (κ3) is 2.65. The van der Waals surface area contributed by atoms with Gasteiger partial charge in [-0.15, -0.1) is 0 Å². The third-order valence-electron chi connectivity index (χ3n) is 3.13. The molecule has 1 fully saturated rings. The molecule has 1 aliphatic heterocycles. The molecule has 2 unspecified atom stereocenters. The number of hydrogen-bond donors (Lipinski definition) is 3. The molecule has 1 aromatic heterocycles. The zero-order chi connectivity index (χ0) is 14.0. The molecule has 2 heterocycles. The summed E-state index contributed by atoms with van der Waals surface area (Å²) in [5.41, 5.74) is 6.28. The van der Waals surface area contributed by atoms with Crippen molar-refractivity contribution >= 4 is 17.7 Å². The molecule has 1 saturated heterocycles. The molecule has 1 aromatic rings. The molecule has 1 aliphatic rings. The van der Waals surface area contributed by atoms with E-state index < -0.39 is 23.8 Å². The van der Waals surface area contributed by atoms with Gasteiger partial charge in [-0.2, -0.15) is 0 Å². The Morgan fingerprint density at radius 2 is 2.26 bits per heavy atom. The molecule has 0 spiro atoms. The van der Waals surface area contributed by atoms with Crippen molar-refractivity contribution in [2.75, 3.05) is 18.5 Å². The summed E-state index contributed by atoms with van der Waals surface area (Å²) < 4.78 is 5.15. The number of carbonyl (C=O) groups excluding carboxylic acids is 1. The van der Waals surface area contributed by atoms with Crippen molar-refractivity contribution in [1.29, 1.82) is 0 Å².